The fourth-order valence-corrected chi connectivity index (χ4v) is 4.99. The predicted octanol–water partition coefficient (Wildman–Crippen LogP) is 5.14. The van der Waals surface area contributed by atoms with Crippen molar-refractivity contribution >= 4 is 69.7 Å². The number of ether oxygens (including phenoxy) is 3. The third-order valence-corrected chi connectivity index (χ3v) is 7.21. The summed E-state index contributed by atoms with van der Waals surface area (Å²) in [6.07, 6.45) is 1.49. The molecule has 13 heteroatoms. The van der Waals surface area contributed by atoms with Gasteiger partial charge in [-0.2, -0.15) is 0 Å². The topological polar surface area (TPSA) is 140 Å². The van der Waals surface area contributed by atoms with E-state index in [4.69, 9.17) is 21.1 Å². The number of imide groups is 1. The lowest BCUT2D eigenvalue weighted by Gasteiger charge is -2.13. The van der Waals surface area contributed by atoms with Gasteiger partial charge in [0.05, 0.1) is 29.7 Å². The first-order valence-electron chi connectivity index (χ1n) is 12.7. The molecular weight excluding hydrogens is 598 g/mol. The summed E-state index contributed by atoms with van der Waals surface area (Å²) in [7, 11) is 2.63. The van der Waals surface area contributed by atoms with Gasteiger partial charge in [-0.1, -0.05) is 29.8 Å². The first-order valence-corrected chi connectivity index (χ1v) is 13.9. The summed E-state index contributed by atoms with van der Waals surface area (Å²) in [5, 5.41) is 4.82. The molecule has 0 aromatic heterocycles. The van der Waals surface area contributed by atoms with Gasteiger partial charge in [0, 0.05) is 11.4 Å². The summed E-state index contributed by atoms with van der Waals surface area (Å²) in [4.78, 5) is 63.2. The minimum atomic E-state index is -0.683. The Bertz CT molecular complexity index is 1640. The SMILES string of the molecule is COC(=O)c1cc(NC(=O)CN2C(=O)S/C(=C/c3ccc(OCC(=O)Nc4cccc(C)c4)c(OC)c3)C2=O)ccc1Cl. The molecule has 1 heterocycles. The van der Waals surface area contributed by atoms with Crippen LogP contribution in [0.4, 0.5) is 16.2 Å². The van der Waals surface area contributed by atoms with Gasteiger partial charge >= 0.3 is 5.97 Å². The third-order valence-electron chi connectivity index (χ3n) is 5.98. The van der Waals surface area contributed by atoms with Crippen LogP contribution < -0.4 is 20.1 Å². The average molecular weight is 624 g/mol. The standard InChI is InChI=1S/C30H26ClN3O8S/c1-17-5-4-6-19(11-17)33-27(36)16-42-23-10-7-18(12-24(23)40-2)13-25-28(37)34(30(39)43-25)15-26(35)32-20-8-9-22(31)21(14-20)29(38)41-3/h4-14H,15-16H2,1-3H3,(H,32,35)(H,33,36)/b25-13+. The summed E-state index contributed by atoms with van der Waals surface area (Å²) in [6.45, 7) is 1.12. The lowest BCUT2D eigenvalue weighted by atomic mass is 10.2. The van der Waals surface area contributed by atoms with Crippen molar-refractivity contribution in [3.63, 3.8) is 0 Å². The fourth-order valence-electron chi connectivity index (χ4n) is 3.96. The van der Waals surface area contributed by atoms with Crippen LogP contribution in [0.15, 0.2) is 65.6 Å². The molecule has 0 unspecified atom stereocenters. The molecule has 0 aliphatic carbocycles. The van der Waals surface area contributed by atoms with E-state index in [9.17, 15) is 24.0 Å². The molecule has 2 N–H and O–H groups in total. The quantitative estimate of drug-likeness (QED) is 0.232. The second-order valence-electron chi connectivity index (χ2n) is 9.12. The number of anilines is 2. The van der Waals surface area contributed by atoms with Gasteiger partial charge in [0.1, 0.15) is 6.54 Å². The molecule has 1 fully saturated rings. The van der Waals surface area contributed by atoms with E-state index in [2.05, 4.69) is 15.4 Å². The van der Waals surface area contributed by atoms with Gasteiger partial charge in [-0.3, -0.25) is 24.1 Å². The van der Waals surface area contributed by atoms with Gasteiger partial charge in [-0.25, -0.2) is 4.79 Å². The molecular formula is C30H26ClN3O8S. The molecule has 3 aromatic carbocycles. The Morgan fingerprint density at radius 1 is 0.930 bits per heavy atom. The van der Waals surface area contributed by atoms with E-state index < -0.39 is 29.6 Å². The average Bonchev–Trinajstić information content (AvgIpc) is 3.24. The van der Waals surface area contributed by atoms with Gasteiger partial charge in [-0.15, -0.1) is 0 Å². The van der Waals surface area contributed by atoms with E-state index in [1.165, 1.54) is 38.5 Å². The number of nitrogens with one attached hydrogen (secondary N) is 2. The normalized spacial score (nSPS) is 13.6. The number of aryl methyl sites for hydroxylation is 1. The largest absolute Gasteiger partial charge is 0.493 e. The first-order chi connectivity index (χ1) is 20.6. The molecule has 222 valence electrons. The van der Waals surface area contributed by atoms with Crippen LogP contribution in [0.25, 0.3) is 6.08 Å². The van der Waals surface area contributed by atoms with E-state index in [1.54, 1.807) is 24.3 Å². The third kappa shape index (κ3) is 7.93. The number of carbonyl (C=O) groups excluding carboxylic acids is 5. The van der Waals surface area contributed by atoms with Crippen LogP contribution in [0.3, 0.4) is 0 Å². The molecule has 1 aliphatic rings. The zero-order valence-corrected chi connectivity index (χ0v) is 24.8. The zero-order chi connectivity index (χ0) is 31.1. The van der Waals surface area contributed by atoms with Crippen LogP contribution in [0.5, 0.6) is 11.5 Å². The number of esters is 1. The maximum atomic E-state index is 13.0. The van der Waals surface area contributed by atoms with E-state index in [1.807, 2.05) is 25.1 Å². The highest BCUT2D eigenvalue weighted by molar-refractivity contribution is 8.18. The first kappa shape index (κ1) is 31.1. The number of halogens is 1. The summed E-state index contributed by atoms with van der Waals surface area (Å²) in [5.41, 5.74) is 2.47. The number of hydrogen-bond acceptors (Lipinski definition) is 9. The minimum absolute atomic E-state index is 0.0495. The van der Waals surface area contributed by atoms with Crippen molar-refractivity contribution in [2.24, 2.45) is 0 Å². The van der Waals surface area contributed by atoms with Crippen LogP contribution in [-0.4, -0.2) is 61.2 Å². The Hall–Kier alpha value is -4.81. The monoisotopic (exact) mass is 623 g/mol. The van der Waals surface area contributed by atoms with Crippen molar-refractivity contribution in [3.8, 4) is 11.5 Å². The molecule has 0 bridgehead atoms. The van der Waals surface area contributed by atoms with Crippen molar-refractivity contribution in [1.82, 2.24) is 4.90 Å². The molecule has 43 heavy (non-hydrogen) atoms. The second-order valence-corrected chi connectivity index (χ2v) is 10.5. The highest BCUT2D eigenvalue weighted by atomic mass is 35.5. The zero-order valence-electron chi connectivity index (χ0n) is 23.3. The summed E-state index contributed by atoms with van der Waals surface area (Å²) in [6, 6.07) is 16.4. The smallest absolute Gasteiger partial charge is 0.339 e. The van der Waals surface area contributed by atoms with Crippen molar-refractivity contribution < 1.29 is 38.2 Å². The van der Waals surface area contributed by atoms with Gasteiger partial charge in [0.15, 0.2) is 18.1 Å². The Balaban J connectivity index is 1.38. The Kier molecular flexibility index (Phi) is 10.1. The maximum absolute atomic E-state index is 13.0. The van der Waals surface area contributed by atoms with Crippen LogP contribution in [0, 0.1) is 6.92 Å². The van der Waals surface area contributed by atoms with Crippen molar-refractivity contribution in [2.45, 2.75) is 6.92 Å². The van der Waals surface area contributed by atoms with Crippen molar-refractivity contribution in [1.29, 1.82) is 0 Å². The van der Waals surface area contributed by atoms with E-state index in [0.717, 1.165) is 10.5 Å². The number of methoxy groups -OCH3 is 2. The van der Waals surface area contributed by atoms with Gasteiger partial charge in [0.25, 0.3) is 17.1 Å². The van der Waals surface area contributed by atoms with Crippen LogP contribution in [-0.2, 0) is 19.1 Å². The minimum Gasteiger partial charge on any atom is -0.493 e. The summed E-state index contributed by atoms with van der Waals surface area (Å²) in [5.74, 6) is -1.72. The summed E-state index contributed by atoms with van der Waals surface area (Å²) >= 11 is 6.69. The lowest BCUT2D eigenvalue weighted by molar-refractivity contribution is -0.127. The highest BCUT2D eigenvalue weighted by Gasteiger charge is 2.36. The summed E-state index contributed by atoms with van der Waals surface area (Å²) < 4.78 is 15.7. The molecule has 0 atom stereocenters. The Morgan fingerprint density at radius 2 is 1.67 bits per heavy atom. The Morgan fingerprint density at radius 3 is 2.40 bits per heavy atom. The van der Waals surface area contributed by atoms with Gasteiger partial charge < -0.3 is 24.8 Å². The van der Waals surface area contributed by atoms with Gasteiger partial charge in [-0.05, 0) is 78.4 Å². The maximum Gasteiger partial charge on any atom is 0.339 e. The number of thioether (sulfide) groups is 1. The molecule has 1 saturated heterocycles. The van der Waals surface area contributed by atoms with Crippen molar-refractivity contribution in [3.05, 3.63) is 87.3 Å². The molecule has 0 spiro atoms. The molecule has 4 rings (SSSR count). The molecule has 4 amide bonds. The second kappa shape index (κ2) is 13.9. The van der Waals surface area contributed by atoms with E-state index in [0.29, 0.717) is 34.5 Å². The number of rotatable bonds is 10. The van der Waals surface area contributed by atoms with E-state index in [-0.39, 0.29) is 33.7 Å². The number of nitrogens with zero attached hydrogens (tertiary/aromatic N) is 1. The van der Waals surface area contributed by atoms with Crippen molar-refractivity contribution in [2.75, 3.05) is 38.0 Å². The van der Waals surface area contributed by atoms with Crippen LogP contribution in [0.1, 0.15) is 21.5 Å². The van der Waals surface area contributed by atoms with Crippen LogP contribution >= 0.6 is 23.4 Å². The fraction of sp³-hybridized carbons (Fsp3) is 0.167. The Labute approximate surface area is 256 Å². The molecule has 0 radical (unpaired) electrons. The molecule has 1 aliphatic heterocycles. The van der Waals surface area contributed by atoms with Crippen LogP contribution in [0.2, 0.25) is 5.02 Å². The molecule has 3 aromatic rings. The number of amides is 4. The number of hydrogen-bond donors (Lipinski definition) is 2. The number of benzene rings is 3. The molecule has 11 nitrogen and oxygen atoms in total. The number of carbonyl (C=O) groups is 5. The van der Waals surface area contributed by atoms with Gasteiger partial charge in [0.2, 0.25) is 5.91 Å². The molecule has 0 saturated carbocycles. The highest BCUT2D eigenvalue weighted by Crippen LogP contribution is 2.34. The predicted molar refractivity (Wildman–Crippen MR) is 162 cm³/mol. The lowest BCUT2D eigenvalue weighted by Crippen LogP contribution is -2.36. The van der Waals surface area contributed by atoms with E-state index >= 15 is 0 Å².